The summed E-state index contributed by atoms with van der Waals surface area (Å²) in [5.41, 5.74) is 0.217. The minimum Gasteiger partial charge on any atom is -0.312 e. The molecule has 0 aromatic rings. The van der Waals surface area contributed by atoms with E-state index in [-0.39, 0.29) is 5.54 Å². The van der Waals surface area contributed by atoms with Crippen LogP contribution in [0.25, 0.3) is 0 Å². The summed E-state index contributed by atoms with van der Waals surface area (Å²) in [6.45, 7) is 13.3. The molecule has 1 unspecified atom stereocenters. The first-order valence-corrected chi connectivity index (χ1v) is 6.00. The van der Waals surface area contributed by atoms with Gasteiger partial charge in [-0.3, -0.25) is 0 Å². The standard InChI is InChI=1S/C12H28N2/c1-6-8-9-11(3)13-10-12(4,5)14-7-2/h11,13-14H,6-10H2,1-5H3. The number of hydrogen-bond donors (Lipinski definition) is 2. The highest BCUT2D eigenvalue weighted by molar-refractivity contribution is 4.80. The van der Waals surface area contributed by atoms with E-state index in [0.29, 0.717) is 6.04 Å². The summed E-state index contributed by atoms with van der Waals surface area (Å²) in [5.74, 6) is 0. The molecular weight excluding hydrogens is 172 g/mol. The smallest absolute Gasteiger partial charge is 0.0249 e. The third-order valence-electron chi connectivity index (χ3n) is 2.54. The van der Waals surface area contributed by atoms with E-state index < -0.39 is 0 Å². The van der Waals surface area contributed by atoms with Crippen LogP contribution in [-0.2, 0) is 0 Å². The molecule has 0 bridgehead atoms. The Morgan fingerprint density at radius 1 is 1.21 bits per heavy atom. The Kier molecular flexibility index (Phi) is 7.20. The van der Waals surface area contributed by atoms with Crippen molar-refractivity contribution in [3.05, 3.63) is 0 Å². The van der Waals surface area contributed by atoms with Crippen molar-refractivity contribution >= 4 is 0 Å². The van der Waals surface area contributed by atoms with Gasteiger partial charge in [0.05, 0.1) is 0 Å². The topological polar surface area (TPSA) is 24.1 Å². The monoisotopic (exact) mass is 200 g/mol. The lowest BCUT2D eigenvalue weighted by Crippen LogP contribution is -2.49. The van der Waals surface area contributed by atoms with Gasteiger partial charge in [0.2, 0.25) is 0 Å². The highest BCUT2D eigenvalue weighted by Gasteiger charge is 2.16. The van der Waals surface area contributed by atoms with Gasteiger partial charge in [0.1, 0.15) is 0 Å². The Labute approximate surface area is 89.9 Å². The van der Waals surface area contributed by atoms with Crippen LogP contribution in [0.15, 0.2) is 0 Å². The molecule has 0 aromatic carbocycles. The van der Waals surface area contributed by atoms with Gasteiger partial charge in [-0.1, -0.05) is 26.7 Å². The van der Waals surface area contributed by atoms with Crippen molar-refractivity contribution in [1.29, 1.82) is 0 Å². The van der Waals surface area contributed by atoms with Gasteiger partial charge in [-0.25, -0.2) is 0 Å². The maximum Gasteiger partial charge on any atom is 0.0249 e. The van der Waals surface area contributed by atoms with Crippen LogP contribution in [0, 0.1) is 0 Å². The van der Waals surface area contributed by atoms with Gasteiger partial charge in [0.25, 0.3) is 0 Å². The second kappa shape index (κ2) is 7.24. The number of nitrogens with one attached hydrogen (secondary N) is 2. The van der Waals surface area contributed by atoms with Crippen molar-refractivity contribution in [2.75, 3.05) is 13.1 Å². The van der Waals surface area contributed by atoms with Crippen LogP contribution < -0.4 is 10.6 Å². The Morgan fingerprint density at radius 2 is 1.86 bits per heavy atom. The lowest BCUT2D eigenvalue weighted by Gasteiger charge is -2.28. The predicted molar refractivity (Wildman–Crippen MR) is 64.7 cm³/mol. The van der Waals surface area contributed by atoms with Gasteiger partial charge in [-0.2, -0.15) is 0 Å². The third kappa shape index (κ3) is 7.34. The highest BCUT2D eigenvalue weighted by atomic mass is 15.0. The molecule has 0 aliphatic rings. The fourth-order valence-electron chi connectivity index (χ4n) is 1.58. The third-order valence-corrected chi connectivity index (χ3v) is 2.54. The number of likely N-dealkylation sites (N-methyl/N-ethyl adjacent to an activating group) is 1. The molecular formula is C12H28N2. The van der Waals surface area contributed by atoms with Crippen LogP contribution in [0.5, 0.6) is 0 Å². The first kappa shape index (κ1) is 13.9. The average molecular weight is 200 g/mol. The molecule has 0 radical (unpaired) electrons. The molecule has 86 valence electrons. The zero-order valence-corrected chi connectivity index (χ0v) is 10.6. The maximum atomic E-state index is 3.58. The normalized spacial score (nSPS) is 14.4. The van der Waals surface area contributed by atoms with Crippen LogP contribution in [0.3, 0.4) is 0 Å². The first-order valence-electron chi connectivity index (χ1n) is 6.00. The lowest BCUT2D eigenvalue weighted by molar-refractivity contribution is 0.348. The van der Waals surface area contributed by atoms with Crippen LogP contribution >= 0.6 is 0 Å². The predicted octanol–water partition coefficient (Wildman–Crippen LogP) is 2.54. The minimum atomic E-state index is 0.217. The van der Waals surface area contributed by atoms with Crippen molar-refractivity contribution in [2.24, 2.45) is 0 Å². The van der Waals surface area contributed by atoms with Gasteiger partial charge in [-0.15, -0.1) is 0 Å². The van der Waals surface area contributed by atoms with Crippen LogP contribution in [-0.4, -0.2) is 24.7 Å². The second-order valence-corrected chi connectivity index (χ2v) is 4.84. The summed E-state index contributed by atoms with van der Waals surface area (Å²) in [6, 6.07) is 0.646. The maximum absolute atomic E-state index is 3.58. The van der Waals surface area contributed by atoms with E-state index in [9.17, 15) is 0 Å². The zero-order valence-electron chi connectivity index (χ0n) is 10.6. The van der Waals surface area contributed by atoms with E-state index >= 15 is 0 Å². The van der Waals surface area contributed by atoms with Crippen LogP contribution in [0.2, 0.25) is 0 Å². The molecule has 2 nitrogen and oxygen atoms in total. The van der Waals surface area contributed by atoms with E-state index in [1.165, 1.54) is 19.3 Å². The molecule has 14 heavy (non-hydrogen) atoms. The molecule has 0 rings (SSSR count). The molecule has 0 spiro atoms. The van der Waals surface area contributed by atoms with Crippen molar-refractivity contribution in [3.8, 4) is 0 Å². The number of hydrogen-bond acceptors (Lipinski definition) is 2. The summed E-state index contributed by atoms with van der Waals surface area (Å²) in [5, 5.41) is 7.05. The van der Waals surface area contributed by atoms with Crippen LogP contribution in [0.4, 0.5) is 0 Å². The molecule has 0 aromatic heterocycles. The summed E-state index contributed by atoms with van der Waals surface area (Å²) in [7, 11) is 0. The fourth-order valence-corrected chi connectivity index (χ4v) is 1.58. The van der Waals surface area contributed by atoms with Gasteiger partial charge < -0.3 is 10.6 Å². The molecule has 0 heterocycles. The summed E-state index contributed by atoms with van der Waals surface area (Å²) >= 11 is 0. The van der Waals surface area contributed by atoms with Gasteiger partial charge in [0, 0.05) is 18.1 Å². The van der Waals surface area contributed by atoms with E-state index in [2.05, 4.69) is 45.3 Å². The molecule has 0 amide bonds. The highest BCUT2D eigenvalue weighted by Crippen LogP contribution is 2.03. The molecule has 0 fully saturated rings. The van der Waals surface area contributed by atoms with Crippen molar-refractivity contribution in [3.63, 3.8) is 0 Å². The van der Waals surface area contributed by atoms with Crippen molar-refractivity contribution in [2.45, 2.75) is 65.5 Å². The van der Waals surface area contributed by atoms with Crippen molar-refractivity contribution in [1.82, 2.24) is 10.6 Å². The average Bonchev–Trinajstić information content (AvgIpc) is 2.11. The van der Waals surface area contributed by atoms with E-state index in [1.807, 2.05) is 0 Å². The summed E-state index contributed by atoms with van der Waals surface area (Å²) < 4.78 is 0. The molecule has 0 saturated heterocycles. The van der Waals surface area contributed by atoms with Gasteiger partial charge in [0.15, 0.2) is 0 Å². The minimum absolute atomic E-state index is 0.217. The molecule has 0 saturated carbocycles. The largest absolute Gasteiger partial charge is 0.312 e. The SMILES string of the molecule is CCCCC(C)NCC(C)(C)NCC. The first-order chi connectivity index (χ1) is 6.52. The Balaban J connectivity index is 3.58. The quantitative estimate of drug-likeness (QED) is 0.629. The van der Waals surface area contributed by atoms with E-state index in [0.717, 1.165) is 13.1 Å². The molecule has 0 aliphatic heterocycles. The van der Waals surface area contributed by atoms with Gasteiger partial charge >= 0.3 is 0 Å². The van der Waals surface area contributed by atoms with Crippen LogP contribution in [0.1, 0.15) is 53.9 Å². The van der Waals surface area contributed by atoms with E-state index in [1.54, 1.807) is 0 Å². The molecule has 1 atom stereocenters. The fraction of sp³-hybridized carbons (Fsp3) is 1.00. The zero-order chi connectivity index (χ0) is 11.0. The molecule has 2 N–H and O–H groups in total. The number of rotatable bonds is 8. The van der Waals surface area contributed by atoms with Gasteiger partial charge in [-0.05, 0) is 33.7 Å². The van der Waals surface area contributed by atoms with Crippen molar-refractivity contribution < 1.29 is 0 Å². The Morgan fingerprint density at radius 3 is 2.36 bits per heavy atom. The molecule has 0 aliphatic carbocycles. The Hall–Kier alpha value is -0.0800. The molecule has 2 heteroatoms. The summed E-state index contributed by atoms with van der Waals surface area (Å²) in [4.78, 5) is 0. The lowest BCUT2D eigenvalue weighted by atomic mass is 10.0. The second-order valence-electron chi connectivity index (χ2n) is 4.84. The summed E-state index contributed by atoms with van der Waals surface area (Å²) in [6.07, 6.45) is 3.91. The number of unbranched alkanes of at least 4 members (excludes halogenated alkanes) is 1. The van der Waals surface area contributed by atoms with E-state index in [4.69, 9.17) is 0 Å². The Bertz CT molecular complexity index is 132.